The van der Waals surface area contributed by atoms with E-state index in [0.717, 1.165) is 23.5 Å². The maximum Gasteiger partial charge on any atom is 0.137 e. The van der Waals surface area contributed by atoms with Crippen molar-refractivity contribution in [3.05, 3.63) is 30.3 Å². The maximum atomic E-state index is 5.53. The molecule has 2 heterocycles. The van der Waals surface area contributed by atoms with E-state index >= 15 is 0 Å². The molecule has 0 saturated heterocycles. The molecule has 0 aliphatic heterocycles. The van der Waals surface area contributed by atoms with Gasteiger partial charge in [0.05, 0.1) is 11.8 Å². The molecule has 4 nitrogen and oxygen atoms in total. The lowest BCUT2D eigenvalue weighted by atomic mass is 10.3. The number of aromatic nitrogens is 2. The maximum absolute atomic E-state index is 5.53. The first-order valence-electron chi connectivity index (χ1n) is 4.18. The van der Waals surface area contributed by atoms with Gasteiger partial charge in [-0.25, -0.2) is 0 Å². The quantitative estimate of drug-likeness (QED) is 0.739. The Bertz CT molecular complexity index is 364. The van der Waals surface area contributed by atoms with Crippen LogP contribution < -0.4 is 5.73 Å². The first-order chi connectivity index (χ1) is 6.40. The molecule has 0 aliphatic carbocycles. The smallest absolute Gasteiger partial charge is 0.137 e. The van der Waals surface area contributed by atoms with Gasteiger partial charge in [0.25, 0.3) is 0 Å². The van der Waals surface area contributed by atoms with Gasteiger partial charge in [0.15, 0.2) is 0 Å². The van der Waals surface area contributed by atoms with Crippen molar-refractivity contribution in [3.63, 3.8) is 0 Å². The van der Waals surface area contributed by atoms with E-state index in [9.17, 15) is 0 Å². The number of nitrogens with two attached hydrogens (primary N) is 1. The number of hydrogen-bond acceptors (Lipinski definition) is 3. The van der Waals surface area contributed by atoms with Crippen LogP contribution in [0, 0.1) is 0 Å². The Morgan fingerprint density at radius 1 is 1.46 bits per heavy atom. The van der Waals surface area contributed by atoms with Crippen molar-refractivity contribution in [1.82, 2.24) is 10.2 Å². The molecule has 0 amide bonds. The van der Waals surface area contributed by atoms with Crippen LogP contribution in [0.3, 0.4) is 0 Å². The van der Waals surface area contributed by atoms with Crippen molar-refractivity contribution >= 4 is 0 Å². The second-order valence-corrected chi connectivity index (χ2v) is 2.79. The van der Waals surface area contributed by atoms with E-state index in [-0.39, 0.29) is 0 Å². The summed E-state index contributed by atoms with van der Waals surface area (Å²) in [6.45, 7) is 0.609. The van der Waals surface area contributed by atoms with Crippen molar-refractivity contribution in [2.75, 3.05) is 6.54 Å². The SMILES string of the molecule is NCCc1ccc(-c2cn[nH]c2)o1. The summed E-state index contributed by atoms with van der Waals surface area (Å²) in [7, 11) is 0. The van der Waals surface area contributed by atoms with Gasteiger partial charge < -0.3 is 10.2 Å². The number of rotatable bonds is 3. The number of H-pyrrole nitrogens is 1. The molecule has 0 aromatic carbocycles. The summed E-state index contributed by atoms with van der Waals surface area (Å²) < 4.78 is 5.53. The highest BCUT2D eigenvalue weighted by molar-refractivity contribution is 5.54. The molecule has 3 N–H and O–H groups in total. The lowest BCUT2D eigenvalue weighted by molar-refractivity contribution is 0.524. The lowest BCUT2D eigenvalue weighted by Crippen LogP contribution is -2.01. The highest BCUT2D eigenvalue weighted by Gasteiger charge is 2.04. The molecular weight excluding hydrogens is 166 g/mol. The molecule has 0 saturated carbocycles. The summed E-state index contributed by atoms with van der Waals surface area (Å²) in [5.41, 5.74) is 6.37. The Morgan fingerprint density at radius 3 is 3.08 bits per heavy atom. The van der Waals surface area contributed by atoms with E-state index in [1.165, 1.54) is 0 Å². The number of nitrogens with one attached hydrogen (secondary N) is 1. The Kier molecular flexibility index (Phi) is 2.14. The number of aromatic amines is 1. The first kappa shape index (κ1) is 8.07. The fraction of sp³-hybridized carbons (Fsp3) is 0.222. The molecule has 0 bridgehead atoms. The average Bonchev–Trinajstić information content (AvgIpc) is 2.70. The van der Waals surface area contributed by atoms with E-state index in [0.29, 0.717) is 6.54 Å². The average molecular weight is 177 g/mol. The van der Waals surface area contributed by atoms with Gasteiger partial charge in [-0.3, -0.25) is 5.10 Å². The lowest BCUT2D eigenvalue weighted by Gasteiger charge is -1.91. The third-order valence-corrected chi connectivity index (χ3v) is 1.84. The summed E-state index contributed by atoms with van der Waals surface area (Å²) in [6.07, 6.45) is 4.30. The van der Waals surface area contributed by atoms with Gasteiger partial charge in [0, 0.05) is 12.6 Å². The fourth-order valence-corrected chi connectivity index (χ4v) is 1.20. The van der Waals surface area contributed by atoms with Gasteiger partial charge in [0.2, 0.25) is 0 Å². The highest BCUT2D eigenvalue weighted by Crippen LogP contribution is 2.20. The van der Waals surface area contributed by atoms with E-state index in [2.05, 4.69) is 10.2 Å². The molecule has 13 heavy (non-hydrogen) atoms. The molecule has 0 radical (unpaired) electrons. The standard InChI is InChI=1S/C9H11N3O/c10-4-3-8-1-2-9(13-8)7-5-11-12-6-7/h1-2,5-6H,3-4,10H2,(H,11,12). The summed E-state index contributed by atoms with van der Waals surface area (Å²) in [5.74, 6) is 1.75. The van der Waals surface area contributed by atoms with Crippen molar-refractivity contribution in [3.8, 4) is 11.3 Å². The van der Waals surface area contributed by atoms with Crippen molar-refractivity contribution in [1.29, 1.82) is 0 Å². The molecule has 68 valence electrons. The van der Waals surface area contributed by atoms with E-state index in [4.69, 9.17) is 10.2 Å². The molecule has 0 fully saturated rings. The van der Waals surface area contributed by atoms with E-state index in [1.807, 2.05) is 12.1 Å². The van der Waals surface area contributed by atoms with Crippen molar-refractivity contribution < 1.29 is 4.42 Å². The zero-order valence-electron chi connectivity index (χ0n) is 7.16. The van der Waals surface area contributed by atoms with E-state index in [1.54, 1.807) is 12.4 Å². The van der Waals surface area contributed by atoms with Gasteiger partial charge in [0.1, 0.15) is 11.5 Å². The number of hydrogen-bond donors (Lipinski definition) is 2. The summed E-state index contributed by atoms with van der Waals surface area (Å²) in [4.78, 5) is 0. The third kappa shape index (κ3) is 1.62. The fourth-order valence-electron chi connectivity index (χ4n) is 1.20. The highest BCUT2D eigenvalue weighted by atomic mass is 16.3. The minimum atomic E-state index is 0.609. The Labute approximate surface area is 75.7 Å². The van der Waals surface area contributed by atoms with Gasteiger partial charge in [-0.1, -0.05) is 0 Å². The van der Waals surface area contributed by atoms with Crippen LogP contribution in [0.2, 0.25) is 0 Å². The van der Waals surface area contributed by atoms with E-state index < -0.39 is 0 Å². The normalized spacial score (nSPS) is 10.5. The van der Waals surface area contributed by atoms with Crippen LogP contribution in [0.15, 0.2) is 28.9 Å². The second kappa shape index (κ2) is 3.45. The van der Waals surface area contributed by atoms with Crippen molar-refractivity contribution in [2.45, 2.75) is 6.42 Å². The van der Waals surface area contributed by atoms with Crippen LogP contribution >= 0.6 is 0 Å². The molecule has 4 heteroatoms. The molecule has 0 aliphatic rings. The Balaban J connectivity index is 2.23. The monoisotopic (exact) mass is 177 g/mol. The van der Waals surface area contributed by atoms with Crippen LogP contribution in [0.1, 0.15) is 5.76 Å². The topological polar surface area (TPSA) is 67.8 Å². The molecule has 0 spiro atoms. The molecule has 2 aromatic heterocycles. The third-order valence-electron chi connectivity index (χ3n) is 1.84. The van der Waals surface area contributed by atoms with Gasteiger partial charge >= 0.3 is 0 Å². The minimum absolute atomic E-state index is 0.609. The predicted molar refractivity (Wildman–Crippen MR) is 49.0 cm³/mol. The minimum Gasteiger partial charge on any atom is -0.461 e. The molecule has 2 aromatic rings. The van der Waals surface area contributed by atoms with Crippen LogP contribution in [0.25, 0.3) is 11.3 Å². The van der Waals surface area contributed by atoms with Crippen LogP contribution in [0.4, 0.5) is 0 Å². The molecule has 2 rings (SSSR count). The number of nitrogens with zero attached hydrogens (tertiary/aromatic N) is 1. The van der Waals surface area contributed by atoms with Crippen LogP contribution in [-0.2, 0) is 6.42 Å². The first-order valence-corrected chi connectivity index (χ1v) is 4.18. The molecule has 0 atom stereocenters. The van der Waals surface area contributed by atoms with Gasteiger partial charge in [-0.2, -0.15) is 5.10 Å². The summed E-state index contributed by atoms with van der Waals surface area (Å²) >= 11 is 0. The van der Waals surface area contributed by atoms with Crippen LogP contribution in [-0.4, -0.2) is 16.7 Å². The number of furan rings is 1. The zero-order valence-corrected chi connectivity index (χ0v) is 7.16. The molecule has 0 unspecified atom stereocenters. The Morgan fingerprint density at radius 2 is 2.38 bits per heavy atom. The summed E-state index contributed by atoms with van der Waals surface area (Å²) in [5, 5.41) is 6.58. The second-order valence-electron chi connectivity index (χ2n) is 2.79. The van der Waals surface area contributed by atoms with Gasteiger partial charge in [-0.05, 0) is 18.7 Å². The largest absolute Gasteiger partial charge is 0.461 e. The molecular formula is C9H11N3O. The predicted octanol–water partition coefficient (Wildman–Crippen LogP) is 1.17. The summed E-state index contributed by atoms with van der Waals surface area (Å²) in [6, 6.07) is 3.87. The van der Waals surface area contributed by atoms with Crippen molar-refractivity contribution in [2.24, 2.45) is 5.73 Å². The zero-order chi connectivity index (χ0) is 9.10. The van der Waals surface area contributed by atoms with Gasteiger partial charge in [-0.15, -0.1) is 0 Å². The Hall–Kier alpha value is -1.55. The van der Waals surface area contributed by atoms with Crippen LogP contribution in [0.5, 0.6) is 0 Å².